The SMILES string of the molecule is [c]1occc1CNc1cccnc1. The van der Waals surface area contributed by atoms with Gasteiger partial charge in [-0.25, -0.2) is 0 Å². The molecule has 0 unspecified atom stereocenters. The fourth-order valence-corrected chi connectivity index (χ4v) is 1.02. The molecule has 2 rings (SSSR count). The Hall–Kier alpha value is -1.77. The van der Waals surface area contributed by atoms with E-state index in [0.717, 1.165) is 11.3 Å². The van der Waals surface area contributed by atoms with Gasteiger partial charge in [0.25, 0.3) is 0 Å². The van der Waals surface area contributed by atoms with Crippen molar-refractivity contribution in [2.24, 2.45) is 0 Å². The zero-order chi connectivity index (χ0) is 8.93. The number of hydrogen-bond acceptors (Lipinski definition) is 3. The van der Waals surface area contributed by atoms with Gasteiger partial charge in [0.05, 0.1) is 12.0 Å². The molecule has 0 atom stereocenters. The van der Waals surface area contributed by atoms with Crippen molar-refractivity contribution in [2.75, 3.05) is 5.32 Å². The molecular formula is C10H9N2O. The van der Waals surface area contributed by atoms with Crippen LogP contribution in [0.25, 0.3) is 0 Å². The molecule has 2 aromatic rings. The highest BCUT2D eigenvalue weighted by Crippen LogP contribution is 2.06. The quantitative estimate of drug-likeness (QED) is 0.772. The van der Waals surface area contributed by atoms with E-state index in [0.29, 0.717) is 6.54 Å². The Bertz CT molecular complexity index is 342. The highest BCUT2D eigenvalue weighted by molar-refractivity contribution is 5.40. The zero-order valence-corrected chi connectivity index (χ0v) is 7.03. The Morgan fingerprint density at radius 2 is 2.46 bits per heavy atom. The standard InChI is InChI=1S/C10H9N2O/c1-2-10(7-11-4-1)12-6-9-3-5-13-8-9/h1-5,7,12H,6H2. The van der Waals surface area contributed by atoms with Crippen molar-refractivity contribution in [2.45, 2.75) is 6.54 Å². The van der Waals surface area contributed by atoms with E-state index in [1.165, 1.54) is 0 Å². The molecule has 1 radical (unpaired) electrons. The number of aromatic nitrogens is 1. The fraction of sp³-hybridized carbons (Fsp3) is 0.100. The molecule has 0 saturated heterocycles. The molecule has 0 fully saturated rings. The molecule has 0 aliphatic carbocycles. The third kappa shape index (κ3) is 2.08. The number of anilines is 1. The van der Waals surface area contributed by atoms with Crippen LogP contribution in [0.15, 0.2) is 41.3 Å². The lowest BCUT2D eigenvalue weighted by Gasteiger charge is -2.01. The first-order valence-corrected chi connectivity index (χ1v) is 4.03. The molecule has 0 saturated carbocycles. The van der Waals surface area contributed by atoms with Crippen LogP contribution in [0.3, 0.4) is 0 Å². The minimum atomic E-state index is 0.711. The summed E-state index contributed by atoms with van der Waals surface area (Å²) in [4.78, 5) is 3.99. The molecule has 2 heterocycles. The second-order valence-electron chi connectivity index (χ2n) is 2.64. The minimum Gasteiger partial charge on any atom is -0.461 e. The Morgan fingerprint density at radius 1 is 1.46 bits per heavy atom. The van der Waals surface area contributed by atoms with Crippen LogP contribution in [0.5, 0.6) is 0 Å². The highest BCUT2D eigenvalue weighted by atomic mass is 16.3. The third-order valence-electron chi connectivity index (χ3n) is 1.67. The maximum Gasteiger partial charge on any atom is 0.174 e. The topological polar surface area (TPSA) is 38.1 Å². The van der Waals surface area contributed by atoms with Crippen molar-refractivity contribution in [3.63, 3.8) is 0 Å². The molecule has 0 amide bonds. The van der Waals surface area contributed by atoms with Crippen LogP contribution >= 0.6 is 0 Å². The van der Waals surface area contributed by atoms with Crippen molar-refractivity contribution in [1.82, 2.24) is 4.98 Å². The van der Waals surface area contributed by atoms with Crippen LogP contribution in [-0.4, -0.2) is 4.98 Å². The summed E-state index contributed by atoms with van der Waals surface area (Å²) in [5.41, 5.74) is 2.00. The summed E-state index contributed by atoms with van der Waals surface area (Å²) in [5, 5.41) is 3.19. The zero-order valence-electron chi connectivity index (χ0n) is 7.03. The average molecular weight is 173 g/mol. The van der Waals surface area contributed by atoms with Crippen molar-refractivity contribution in [1.29, 1.82) is 0 Å². The first-order valence-electron chi connectivity index (χ1n) is 4.03. The maximum absolute atomic E-state index is 4.82. The van der Waals surface area contributed by atoms with Crippen molar-refractivity contribution in [3.05, 3.63) is 48.7 Å². The van der Waals surface area contributed by atoms with E-state index in [1.54, 1.807) is 18.7 Å². The van der Waals surface area contributed by atoms with Crippen molar-refractivity contribution < 1.29 is 4.42 Å². The number of furan rings is 1. The average Bonchev–Trinajstić information content (AvgIpc) is 2.69. The van der Waals surface area contributed by atoms with E-state index in [-0.39, 0.29) is 0 Å². The number of nitrogens with zero attached hydrogens (tertiary/aromatic N) is 1. The van der Waals surface area contributed by atoms with Crippen LogP contribution in [-0.2, 0) is 6.54 Å². The predicted octanol–water partition coefficient (Wildman–Crippen LogP) is 2.09. The van der Waals surface area contributed by atoms with E-state index in [2.05, 4.69) is 16.6 Å². The van der Waals surface area contributed by atoms with Gasteiger partial charge in [0, 0.05) is 24.5 Å². The van der Waals surface area contributed by atoms with Crippen molar-refractivity contribution in [3.8, 4) is 0 Å². The largest absolute Gasteiger partial charge is 0.461 e. The number of rotatable bonds is 3. The van der Waals surface area contributed by atoms with Crippen LogP contribution in [0, 0.1) is 6.26 Å². The van der Waals surface area contributed by atoms with Crippen LogP contribution in [0.4, 0.5) is 5.69 Å². The lowest BCUT2D eigenvalue weighted by molar-refractivity contribution is 0.555. The molecule has 1 N–H and O–H groups in total. The van der Waals surface area contributed by atoms with Gasteiger partial charge in [-0.3, -0.25) is 4.98 Å². The van der Waals surface area contributed by atoms with E-state index >= 15 is 0 Å². The van der Waals surface area contributed by atoms with Gasteiger partial charge in [-0.2, -0.15) is 0 Å². The summed E-state index contributed by atoms with van der Waals surface area (Å²) in [6.45, 7) is 0.711. The Balaban J connectivity index is 1.94. The van der Waals surface area contributed by atoms with E-state index in [9.17, 15) is 0 Å². The molecular weight excluding hydrogens is 164 g/mol. The summed E-state index contributed by atoms with van der Waals surface area (Å²) in [7, 11) is 0. The maximum atomic E-state index is 4.82. The third-order valence-corrected chi connectivity index (χ3v) is 1.67. The number of hydrogen-bond donors (Lipinski definition) is 1. The van der Waals surface area contributed by atoms with Gasteiger partial charge in [-0.15, -0.1) is 0 Å². The summed E-state index contributed by atoms with van der Waals surface area (Å²) in [6, 6.07) is 5.73. The van der Waals surface area contributed by atoms with Crippen LogP contribution in [0.1, 0.15) is 5.56 Å². The Morgan fingerprint density at radius 3 is 3.15 bits per heavy atom. The van der Waals surface area contributed by atoms with Crippen LogP contribution in [0.2, 0.25) is 0 Å². The second kappa shape index (κ2) is 3.76. The first-order chi connectivity index (χ1) is 6.45. The lowest BCUT2D eigenvalue weighted by Crippen LogP contribution is -1.97. The van der Waals surface area contributed by atoms with E-state index < -0.39 is 0 Å². The van der Waals surface area contributed by atoms with E-state index in [1.807, 2.05) is 18.2 Å². The number of pyridine rings is 1. The van der Waals surface area contributed by atoms with Gasteiger partial charge < -0.3 is 9.73 Å². The minimum absolute atomic E-state index is 0.711. The van der Waals surface area contributed by atoms with Gasteiger partial charge in [-0.1, -0.05) is 0 Å². The summed E-state index contributed by atoms with van der Waals surface area (Å²) in [5.74, 6) is 0. The van der Waals surface area contributed by atoms with Gasteiger partial charge in [0.15, 0.2) is 6.26 Å². The molecule has 13 heavy (non-hydrogen) atoms. The van der Waals surface area contributed by atoms with Crippen LogP contribution < -0.4 is 5.32 Å². The summed E-state index contributed by atoms with van der Waals surface area (Å²) < 4.78 is 4.82. The molecule has 0 bridgehead atoms. The number of nitrogens with one attached hydrogen (secondary N) is 1. The molecule has 0 aliphatic rings. The Kier molecular flexibility index (Phi) is 2.27. The normalized spacial score (nSPS) is 9.85. The lowest BCUT2D eigenvalue weighted by atomic mass is 10.3. The summed E-state index contributed by atoms with van der Waals surface area (Å²) >= 11 is 0. The predicted molar refractivity (Wildman–Crippen MR) is 49.1 cm³/mol. The molecule has 0 aliphatic heterocycles. The fourth-order valence-electron chi connectivity index (χ4n) is 1.02. The molecule has 65 valence electrons. The molecule has 2 aromatic heterocycles. The van der Waals surface area contributed by atoms with Gasteiger partial charge >= 0.3 is 0 Å². The second-order valence-corrected chi connectivity index (χ2v) is 2.64. The van der Waals surface area contributed by atoms with Crippen molar-refractivity contribution >= 4 is 5.69 Å². The first kappa shape index (κ1) is 7.86. The van der Waals surface area contributed by atoms with Gasteiger partial charge in [0.1, 0.15) is 0 Å². The smallest absolute Gasteiger partial charge is 0.174 e. The summed E-state index contributed by atoms with van der Waals surface area (Å²) in [6.07, 6.45) is 7.88. The molecule has 0 aromatic carbocycles. The van der Waals surface area contributed by atoms with Gasteiger partial charge in [0.2, 0.25) is 0 Å². The van der Waals surface area contributed by atoms with Gasteiger partial charge in [-0.05, 0) is 18.2 Å². The molecule has 3 nitrogen and oxygen atoms in total. The molecule has 0 spiro atoms. The Labute approximate surface area is 76.4 Å². The molecule has 3 heteroatoms. The highest BCUT2D eigenvalue weighted by Gasteiger charge is 1.94. The van der Waals surface area contributed by atoms with E-state index in [4.69, 9.17) is 4.42 Å². The monoisotopic (exact) mass is 173 g/mol.